The number of likely N-dealkylation sites (tertiary alicyclic amines) is 1. The standard InChI is InChI=1S/C13H20N2O3/c1-9-8-10(14-18-9)11-6-5-7-15(11)12(16)17-13(2,3)4/h8,11H,5-7H2,1-4H3/t11-/m0/s1. The van der Waals surface area contributed by atoms with Crippen LogP contribution in [0, 0.1) is 6.92 Å². The van der Waals surface area contributed by atoms with E-state index in [1.165, 1.54) is 0 Å². The largest absolute Gasteiger partial charge is 0.444 e. The van der Waals surface area contributed by atoms with Crippen LogP contribution in [0.15, 0.2) is 10.6 Å². The Bertz CT molecular complexity index is 434. The number of hydrogen-bond acceptors (Lipinski definition) is 4. The first-order valence-electron chi connectivity index (χ1n) is 6.29. The van der Waals surface area contributed by atoms with Gasteiger partial charge in [-0.05, 0) is 40.5 Å². The summed E-state index contributed by atoms with van der Waals surface area (Å²) in [4.78, 5) is 13.8. The number of carbonyl (C=O) groups excluding carboxylic acids is 1. The van der Waals surface area contributed by atoms with E-state index in [4.69, 9.17) is 9.26 Å². The summed E-state index contributed by atoms with van der Waals surface area (Å²) in [6.45, 7) is 8.18. The summed E-state index contributed by atoms with van der Waals surface area (Å²) in [6.07, 6.45) is 1.60. The Morgan fingerprint density at radius 2 is 2.28 bits per heavy atom. The Morgan fingerprint density at radius 1 is 1.56 bits per heavy atom. The zero-order chi connectivity index (χ0) is 13.3. The molecule has 1 aromatic rings. The minimum atomic E-state index is -0.468. The lowest BCUT2D eigenvalue weighted by Gasteiger charge is -2.27. The van der Waals surface area contributed by atoms with Crippen molar-refractivity contribution < 1.29 is 14.1 Å². The number of hydrogen-bond donors (Lipinski definition) is 0. The van der Waals surface area contributed by atoms with E-state index >= 15 is 0 Å². The molecule has 0 spiro atoms. The van der Waals surface area contributed by atoms with E-state index in [-0.39, 0.29) is 12.1 Å². The Hall–Kier alpha value is -1.52. The summed E-state index contributed by atoms with van der Waals surface area (Å²) in [6, 6.07) is 1.87. The Labute approximate surface area is 107 Å². The number of carbonyl (C=O) groups is 1. The molecule has 2 rings (SSSR count). The molecule has 1 aliphatic heterocycles. The van der Waals surface area contributed by atoms with Crippen LogP contribution >= 0.6 is 0 Å². The van der Waals surface area contributed by atoms with E-state index in [0.717, 1.165) is 24.3 Å². The van der Waals surface area contributed by atoms with Crippen molar-refractivity contribution in [2.24, 2.45) is 0 Å². The highest BCUT2D eigenvalue weighted by Gasteiger charge is 2.34. The van der Waals surface area contributed by atoms with Crippen molar-refractivity contribution in [3.05, 3.63) is 17.5 Å². The summed E-state index contributed by atoms with van der Waals surface area (Å²) in [7, 11) is 0. The summed E-state index contributed by atoms with van der Waals surface area (Å²) in [5.74, 6) is 0.765. The quantitative estimate of drug-likeness (QED) is 0.770. The molecule has 0 unspecified atom stereocenters. The fourth-order valence-corrected chi connectivity index (χ4v) is 2.16. The van der Waals surface area contributed by atoms with Crippen LogP contribution in [0.1, 0.15) is 51.1 Å². The summed E-state index contributed by atoms with van der Waals surface area (Å²) in [5.41, 5.74) is 0.347. The van der Waals surface area contributed by atoms with Gasteiger partial charge in [0, 0.05) is 12.6 Å². The van der Waals surface area contributed by atoms with Crippen LogP contribution in [0.4, 0.5) is 4.79 Å². The van der Waals surface area contributed by atoms with E-state index in [9.17, 15) is 4.79 Å². The maximum Gasteiger partial charge on any atom is 0.410 e. The number of rotatable bonds is 1. The van der Waals surface area contributed by atoms with Gasteiger partial charge in [-0.25, -0.2) is 4.79 Å². The zero-order valence-corrected chi connectivity index (χ0v) is 11.4. The van der Waals surface area contributed by atoms with Gasteiger partial charge in [-0.1, -0.05) is 5.16 Å². The van der Waals surface area contributed by atoms with Crippen molar-refractivity contribution in [2.75, 3.05) is 6.54 Å². The van der Waals surface area contributed by atoms with Crippen LogP contribution in [0.25, 0.3) is 0 Å². The van der Waals surface area contributed by atoms with E-state index in [0.29, 0.717) is 6.54 Å². The molecule has 0 saturated carbocycles. The molecule has 5 heteroatoms. The molecule has 2 heterocycles. The summed E-state index contributed by atoms with van der Waals surface area (Å²) >= 11 is 0. The molecule has 100 valence electrons. The van der Waals surface area contributed by atoms with Crippen LogP contribution < -0.4 is 0 Å². The lowest BCUT2D eigenvalue weighted by Crippen LogP contribution is -2.36. The molecule has 0 aliphatic carbocycles. The molecule has 18 heavy (non-hydrogen) atoms. The van der Waals surface area contributed by atoms with Crippen LogP contribution in [-0.2, 0) is 4.74 Å². The number of nitrogens with zero attached hydrogens (tertiary/aromatic N) is 2. The van der Waals surface area contributed by atoms with Crippen molar-refractivity contribution in [3.8, 4) is 0 Å². The average Bonchev–Trinajstić information content (AvgIpc) is 2.81. The molecule has 1 aliphatic rings. The summed E-state index contributed by atoms with van der Waals surface area (Å²) < 4.78 is 10.5. The molecular weight excluding hydrogens is 232 g/mol. The van der Waals surface area contributed by atoms with E-state index in [2.05, 4.69) is 5.16 Å². The zero-order valence-electron chi connectivity index (χ0n) is 11.4. The summed E-state index contributed by atoms with van der Waals surface area (Å²) in [5, 5.41) is 4.00. The average molecular weight is 252 g/mol. The van der Waals surface area contributed by atoms with Gasteiger partial charge in [-0.2, -0.15) is 0 Å². The predicted molar refractivity (Wildman–Crippen MR) is 66.2 cm³/mol. The maximum atomic E-state index is 12.1. The minimum Gasteiger partial charge on any atom is -0.444 e. The van der Waals surface area contributed by atoms with E-state index in [1.807, 2.05) is 33.8 Å². The molecule has 0 radical (unpaired) electrons. The number of amides is 1. The molecule has 1 fully saturated rings. The van der Waals surface area contributed by atoms with Crippen molar-refractivity contribution in [1.29, 1.82) is 0 Å². The minimum absolute atomic E-state index is 0.0164. The van der Waals surface area contributed by atoms with Gasteiger partial charge in [0.05, 0.1) is 6.04 Å². The molecule has 0 bridgehead atoms. The highest BCUT2D eigenvalue weighted by atomic mass is 16.6. The van der Waals surface area contributed by atoms with E-state index in [1.54, 1.807) is 4.90 Å². The molecule has 0 aromatic carbocycles. The Kier molecular flexibility index (Phi) is 3.32. The van der Waals surface area contributed by atoms with Crippen molar-refractivity contribution in [1.82, 2.24) is 10.1 Å². The van der Waals surface area contributed by atoms with Crippen LogP contribution in [-0.4, -0.2) is 28.3 Å². The highest BCUT2D eigenvalue weighted by molar-refractivity contribution is 5.69. The Morgan fingerprint density at radius 3 is 2.83 bits per heavy atom. The van der Waals surface area contributed by atoms with Gasteiger partial charge < -0.3 is 9.26 Å². The predicted octanol–water partition coefficient (Wildman–Crippen LogP) is 3.06. The van der Waals surface area contributed by atoms with Gasteiger partial charge in [0.2, 0.25) is 0 Å². The lowest BCUT2D eigenvalue weighted by atomic mass is 10.1. The van der Waals surface area contributed by atoms with E-state index < -0.39 is 5.60 Å². The molecular formula is C13H20N2O3. The fraction of sp³-hybridized carbons (Fsp3) is 0.692. The van der Waals surface area contributed by atoms with Gasteiger partial charge in [-0.15, -0.1) is 0 Å². The van der Waals surface area contributed by atoms with Gasteiger partial charge in [-0.3, -0.25) is 4.90 Å². The molecule has 0 N–H and O–H groups in total. The number of aromatic nitrogens is 1. The van der Waals surface area contributed by atoms with Crippen molar-refractivity contribution in [3.63, 3.8) is 0 Å². The number of aryl methyl sites for hydroxylation is 1. The smallest absolute Gasteiger partial charge is 0.410 e. The molecule has 1 amide bonds. The highest BCUT2D eigenvalue weighted by Crippen LogP contribution is 2.32. The fourth-order valence-electron chi connectivity index (χ4n) is 2.16. The third-order valence-electron chi connectivity index (χ3n) is 2.87. The first kappa shape index (κ1) is 12.9. The van der Waals surface area contributed by atoms with Crippen LogP contribution in [0.3, 0.4) is 0 Å². The monoisotopic (exact) mass is 252 g/mol. The SMILES string of the molecule is Cc1cc([C@@H]2CCCN2C(=O)OC(C)(C)C)no1. The van der Waals surface area contributed by atoms with Crippen LogP contribution in [0.2, 0.25) is 0 Å². The van der Waals surface area contributed by atoms with Gasteiger partial charge in [0.25, 0.3) is 0 Å². The second-order valence-electron chi connectivity index (χ2n) is 5.69. The third kappa shape index (κ3) is 2.83. The van der Waals surface area contributed by atoms with Gasteiger partial charge >= 0.3 is 6.09 Å². The third-order valence-corrected chi connectivity index (χ3v) is 2.87. The number of ether oxygens (including phenoxy) is 1. The second kappa shape index (κ2) is 4.63. The Balaban J connectivity index is 2.10. The topological polar surface area (TPSA) is 55.6 Å². The van der Waals surface area contributed by atoms with Gasteiger partial charge in [0.15, 0.2) is 0 Å². The molecule has 5 nitrogen and oxygen atoms in total. The van der Waals surface area contributed by atoms with Crippen molar-refractivity contribution in [2.45, 2.75) is 52.2 Å². The van der Waals surface area contributed by atoms with Crippen LogP contribution in [0.5, 0.6) is 0 Å². The molecule has 1 aromatic heterocycles. The normalized spacial score (nSPS) is 20.2. The lowest BCUT2D eigenvalue weighted by molar-refractivity contribution is 0.0219. The first-order chi connectivity index (χ1) is 8.37. The van der Waals surface area contributed by atoms with Gasteiger partial charge in [0.1, 0.15) is 17.1 Å². The first-order valence-corrected chi connectivity index (χ1v) is 6.29. The molecule has 1 atom stereocenters. The maximum absolute atomic E-state index is 12.1. The van der Waals surface area contributed by atoms with Crippen molar-refractivity contribution >= 4 is 6.09 Å². The second-order valence-corrected chi connectivity index (χ2v) is 5.69. The molecule has 1 saturated heterocycles.